The van der Waals surface area contributed by atoms with Crippen LogP contribution in [-0.4, -0.2) is 24.2 Å². The van der Waals surface area contributed by atoms with Crippen LogP contribution in [0.5, 0.6) is 0 Å². The largest absolute Gasteiger partial charge is 0.478 e. The maximum absolute atomic E-state index is 11.4. The van der Waals surface area contributed by atoms with Crippen LogP contribution < -0.4 is 5.73 Å². The Kier molecular flexibility index (Phi) is 4.69. The topological polar surface area (TPSA) is 89.6 Å². The number of hydrogen-bond donors (Lipinski definition) is 2. The van der Waals surface area contributed by atoms with Crippen molar-refractivity contribution in [2.45, 2.75) is 20.3 Å². The molecule has 0 atom stereocenters. The lowest BCUT2D eigenvalue weighted by Crippen LogP contribution is -2.06. The van der Waals surface area contributed by atoms with Crippen LogP contribution in [0.4, 0.5) is 5.69 Å². The molecular formula is C14H17NO4. The van der Waals surface area contributed by atoms with Gasteiger partial charge in [0.1, 0.15) is 0 Å². The van der Waals surface area contributed by atoms with E-state index in [0.717, 1.165) is 0 Å². The summed E-state index contributed by atoms with van der Waals surface area (Å²) >= 11 is 0. The van der Waals surface area contributed by atoms with Gasteiger partial charge in [-0.3, -0.25) is 0 Å². The third-order valence-electron chi connectivity index (χ3n) is 2.92. The molecule has 0 heterocycles. The molecule has 1 aromatic rings. The fraction of sp³-hybridized carbons (Fsp3) is 0.286. The van der Waals surface area contributed by atoms with Crippen LogP contribution in [0.2, 0.25) is 0 Å². The van der Waals surface area contributed by atoms with Crippen molar-refractivity contribution in [2.75, 3.05) is 12.8 Å². The van der Waals surface area contributed by atoms with E-state index in [9.17, 15) is 9.59 Å². The Balaban J connectivity index is 3.33. The maximum atomic E-state index is 11.4. The highest BCUT2D eigenvalue weighted by Crippen LogP contribution is 2.28. The number of methoxy groups -OCH3 is 1. The van der Waals surface area contributed by atoms with E-state index in [1.807, 2.05) is 6.92 Å². The van der Waals surface area contributed by atoms with E-state index >= 15 is 0 Å². The molecule has 5 heteroatoms. The SMILES string of the molecule is CCC(=C(C)C(=O)O)c1ccc(C(=O)OC)cc1N. The fourth-order valence-corrected chi connectivity index (χ4v) is 1.87. The first kappa shape index (κ1) is 14.8. The molecule has 0 saturated carbocycles. The lowest BCUT2D eigenvalue weighted by atomic mass is 9.95. The molecule has 0 amide bonds. The van der Waals surface area contributed by atoms with Gasteiger partial charge in [0.25, 0.3) is 0 Å². The molecule has 0 saturated heterocycles. The Labute approximate surface area is 111 Å². The highest BCUT2D eigenvalue weighted by atomic mass is 16.5. The number of esters is 1. The molecule has 0 aromatic heterocycles. The molecule has 0 aliphatic rings. The minimum absolute atomic E-state index is 0.250. The lowest BCUT2D eigenvalue weighted by molar-refractivity contribution is -0.132. The number of nitrogen functional groups attached to an aromatic ring is 1. The Morgan fingerprint density at radius 2 is 2.00 bits per heavy atom. The van der Waals surface area contributed by atoms with E-state index in [-0.39, 0.29) is 5.57 Å². The predicted molar refractivity (Wildman–Crippen MR) is 72.7 cm³/mol. The number of benzene rings is 1. The van der Waals surface area contributed by atoms with E-state index in [2.05, 4.69) is 4.74 Å². The van der Waals surface area contributed by atoms with Crippen LogP contribution in [0.25, 0.3) is 5.57 Å². The summed E-state index contributed by atoms with van der Waals surface area (Å²) in [7, 11) is 1.29. The first-order chi connectivity index (χ1) is 8.92. The van der Waals surface area contributed by atoms with Crippen LogP contribution in [0, 0.1) is 0 Å². The lowest BCUT2D eigenvalue weighted by Gasteiger charge is -2.12. The summed E-state index contributed by atoms with van der Waals surface area (Å²) in [6.45, 7) is 3.39. The van der Waals surface area contributed by atoms with Crippen LogP contribution in [0.3, 0.4) is 0 Å². The third kappa shape index (κ3) is 3.13. The van der Waals surface area contributed by atoms with Crippen LogP contribution >= 0.6 is 0 Å². The van der Waals surface area contributed by atoms with Crippen molar-refractivity contribution < 1.29 is 19.4 Å². The van der Waals surface area contributed by atoms with Crippen molar-refractivity contribution in [3.63, 3.8) is 0 Å². The summed E-state index contributed by atoms with van der Waals surface area (Å²) in [5.41, 5.74) is 8.13. The molecule has 0 fully saturated rings. The molecule has 1 rings (SSSR count). The second kappa shape index (κ2) is 6.04. The molecule has 1 aromatic carbocycles. The van der Waals surface area contributed by atoms with Crippen molar-refractivity contribution in [3.8, 4) is 0 Å². The molecule has 19 heavy (non-hydrogen) atoms. The Hall–Kier alpha value is -2.30. The minimum atomic E-state index is -0.978. The maximum Gasteiger partial charge on any atom is 0.337 e. The first-order valence-corrected chi connectivity index (χ1v) is 5.83. The smallest absolute Gasteiger partial charge is 0.337 e. The summed E-state index contributed by atoms with van der Waals surface area (Å²) in [4.78, 5) is 22.4. The summed E-state index contributed by atoms with van der Waals surface area (Å²) < 4.78 is 4.60. The average Bonchev–Trinajstić information content (AvgIpc) is 2.39. The number of aliphatic carboxylic acids is 1. The van der Waals surface area contributed by atoms with Gasteiger partial charge in [-0.2, -0.15) is 0 Å². The van der Waals surface area contributed by atoms with Crippen LogP contribution in [0.1, 0.15) is 36.2 Å². The highest BCUT2D eigenvalue weighted by Gasteiger charge is 2.14. The third-order valence-corrected chi connectivity index (χ3v) is 2.92. The summed E-state index contributed by atoms with van der Waals surface area (Å²) in [5.74, 6) is -1.46. The van der Waals surface area contributed by atoms with Crippen molar-refractivity contribution in [2.24, 2.45) is 0 Å². The molecule has 3 N–H and O–H groups in total. The van der Waals surface area contributed by atoms with Crippen molar-refractivity contribution in [3.05, 3.63) is 34.9 Å². The van der Waals surface area contributed by atoms with Crippen LogP contribution in [-0.2, 0) is 9.53 Å². The van der Waals surface area contributed by atoms with Gasteiger partial charge in [0.15, 0.2) is 0 Å². The van der Waals surface area contributed by atoms with Crippen molar-refractivity contribution in [1.29, 1.82) is 0 Å². The zero-order valence-electron chi connectivity index (χ0n) is 11.2. The Morgan fingerprint density at radius 3 is 2.42 bits per heavy atom. The zero-order valence-corrected chi connectivity index (χ0v) is 11.2. The normalized spacial score (nSPS) is 11.7. The van der Waals surface area contributed by atoms with E-state index < -0.39 is 11.9 Å². The van der Waals surface area contributed by atoms with Gasteiger partial charge in [-0.15, -0.1) is 0 Å². The van der Waals surface area contributed by atoms with Gasteiger partial charge in [-0.1, -0.05) is 13.0 Å². The fourth-order valence-electron chi connectivity index (χ4n) is 1.87. The van der Waals surface area contributed by atoms with Gasteiger partial charge in [0.2, 0.25) is 0 Å². The van der Waals surface area contributed by atoms with Gasteiger partial charge in [-0.05, 0) is 31.1 Å². The molecule has 0 aliphatic heterocycles. The van der Waals surface area contributed by atoms with E-state index in [1.165, 1.54) is 20.1 Å². The molecule has 0 unspecified atom stereocenters. The number of anilines is 1. The van der Waals surface area contributed by atoms with Gasteiger partial charge in [0, 0.05) is 16.8 Å². The number of rotatable bonds is 4. The highest BCUT2D eigenvalue weighted by molar-refractivity contribution is 5.98. The average molecular weight is 263 g/mol. The summed E-state index contributed by atoms with van der Waals surface area (Å²) in [6, 6.07) is 4.71. The predicted octanol–water partition coefficient (Wildman–Crippen LogP) is 2.32. The van der Waals surface area contributed by atoms with E-state index in [1.54, 1.807) is 12.1 Å². The van der Waals surface area contributed by atoms with Gasteiger partial charge in [-0.25, -0.2) is 9.59 Å². The Bertz CT molecular complexity index is 546. The second-order valence-electron chi connectivity index (χ2n) is 4.06. The van der Waals surface area contributed by atoms with Crippen molar-refractivity contribution >= 4 is 23.2 Å². The number of carbonyl (C=O) groups is 2. The molecule has 0 bridgehead atoms. The standard InChI is InChI=1S/C14H17NO4/c1-4-10(8(2)13(16)17)11-6-5-9(7-12(11)15)14(18)19-3/h5-7H,4,15H2,1-3H3,(H,16,17). The van der Waals surface area contributed by atoms with Gasteiger partial charge < -0.3 is 15.6 Å². The minimum Gasteiger partial charge on any atom is -0.478 e. The summed E-state index contributed by atoms with van der Waals surface area (Å²) in [5, 5.41) is 9.04. The molecule has 0 radical (unpaired) electrons. The zero-order chi connectivity index (χ0) is 14.6. The number of nitrogens with two attached hydrogens (primary N) is 1. The number of hydrogen-bond acceptors (Lipinski definition) is 4. The first-order valence-electron chi connectivity index (χ1n) is 5.83. The molecule has 0 spiro atoms. The second-order valence-corrected chi connectivity index (χ2v) is 4.06. The Morgan fingerprint density at radius 1 is 1.37 bits per heavy atom. The van der Waals surface area contributed by atoms with E-state index in [4.69, 9.17) is 10.8 Å². The van der Waals surface area contributed by atoms with Crippen LogP contribution in [0.15, 0.2) is 23.8 Å². The number of carboxylic acid groups (broad SMARTS) is 1. The summed E-state index contributed by atoms with van der Waals surface area (Å²) in [6.07, 6.45) is 0.542. The number of ether oxygens (including phenoxy) is 1. The van der Waals surface area contributed by atoms with Gasteiger partial charge >= 0.3 is 11.9 Å². The molecule has 102 valence electrons. The quantitative estimate of drug-likeness (QED) is 0.494. The van der Waals surface area contributed by atoms with Gasteiger partial charge in [0.05, 0.1) is 12.7 Å². The molecule has 5 nitrogen and oxygen atoms in total. The van der Waals surface area contributed by atoms with E-state index in [0.29, 0.717) is 28.8 Å². The molecule has 0 aliphatic carbocycles. The number of carboxylic acids is 1. The molecular weight excluding hydrogens is 246 g/mol. The van der Waals surface area contributed by atoms with Crippen molar-refractivity contribution in [1.82, 2.24) is 0 Å². The number of allylic oxidation sites excluding steroid dienone is 1. The monoisotopic (exact) mass is 263 g/mol. The number of carbonyl (C=O) groups excluding carboxylic acids is 1.